The van der Waals surface area contributed by atoms with Crippen molar-refractivity contribution in [2.45, 2.75) is 45.9 Å². The lowest BCUT2D eigenvalue weighted by molar-refractivity contribution is 0.394. The van der Waals surface area contributed by atoms with E-state index >= 15 is 0 Å². The first-order valence-corrected chi connectivity index (χ1v) is 4.99. The quantitative estimate of drug-likeness (QED) is 0.528. The lowest BCUT2D eigenvalue weighted by Crippen LogP contribution is -2.02. The van der Waals surface area contributed by atoms with Gasteiger partial charge in [0.1, 0.15) is 0 Å². The van der Waals surface area contributed by atoms with Crippen LogP contribution in [0.4, 0.5) is 0 Å². The summed E-state index contributed by atoms with van der Waals surface area (Å²) in [4.78, 5) is 0. The Morgan fingerprint density at radius 2 is 2.18 bits per heavy atom. The maximum Gasteiger partial charge on any atom is 0.0653 e. The monoisotopic (exact) mass is 150 g/mol. The first-order chi connectivity index (χ1) is 5.29. The Hall–Kier alpha value is 0.0649. The third-order valence-corrected chi connectivity index (χ3v) is 3.08. The number of hydrogen-bond acceptors (Lipinski definition) is 0. The molecule has 11 heavy (non-hydrogen) atoms. The normalized spacial score (nSPS) is 31.8. The van der Waals surface area contributed by atoms with E-state index in [2.05, 4.69) is 13.8 Å². The number of hydrogen-bond donors (Lipinski definition) is 0. The van der Waals surface area contributed by atoms with Crippen molar-refractivity contribution < 1.29 is 0 Å². The fraction of sp³-hybridized carbons (Fsp3) is 1.00. The van der Waals surface area contributed by atoms with Crippen LogP contribution in [-0.2, 0) is 0 Å². The predicted molar refractivity (Wildman–Crippen MR) is 50.8 cm³/mol. The van der Waals surface area contributed by atoms with Gasteiger partial charge in [0.2, 0.25) is 0 Å². The Labute approximate surface area is 72.2 Å². The van der Waals surface area contributed by atoms with E-state index in [9.17, 15) is 0 Å². The van der Waals surface area contributed by atoms with Crippen LogP contribution in [0, 0.1) is 17.8 Å². The zero-order valence-corrected chi connectivity index (χ0v) is 7.84. The average molecular weight is 150 g/mol. The highest BCUT2D eigenvalue weighted by molar-refractivity contribution is 6.08. The van der Waals surface area contributed by atoms with Crippen molar-refractivity contribution in [2.24, 2.45) is 17.8 Å². The highest BCUT2D eigenvalue weighted by Gasteiger charge is 2.37. The van der Waals surface area contributed by atoms with Gasteiger partial charge in [-0.15, -0.1) is 0 Å². The molecule has 1 rings (SSSR count). The van der Waals surface area contributed by atoms with Crippen molar-refractivity contribution in [3.05, 3.63) is 0 Å². The third-order valence-electron chi connectivity index (χ3n) is 3.08. The summed E-state index contributed by atoms with van der Waals surface area (Å²) >= 11 is 0. The minimum atomic E-state index is 0.873. The van der Waals surface area contributed by atoms with Crippen LogP contribution in [0.1, 0.15) is 39.5 Å². The van der Waals surface area contributed by atoms with E-state index in [1.54, 1.807) is 0 Å². The van der Waals surface area contributed by atoms with Gasteiger partial charge < -0.3 is 0 Å². The topological polar surface area (TPSA) is 0 Å². The van der Waals surface area contributed by atoms with Crippen LogP contribution in [0.2, 0.25) is 6.32 Å². The molecular weight excluding hydrogens is 131 g/mol. The standard InChI is InChI=1S/C10H19B/c1-3-9(5-4-6-11)10-7-8(10)2/h8-10H,3-7H2,1-2H3. The summed E-state index contributed by atoms with van der Waals surface area (Å²) in [5, 5.41) is 0. The highest BCUT2D eigenvalue weighted by Crippen LogP contribution is 2.46. The van der Waals surface area contributed by atoms with Gasteiger partial charge in [0.15, 0.2) is 0 Å². The largest absolute Gasteiger partial charge is 0.0887 e. The molecule has 1 aliphatic rings. The van der Waals surface area contributed by atoms with Crippen LogP contribution in [-0.4, -0.2) is 7.85 Å². The van der Waals surface area contributed by atoms with Crippen LogP contribution in [0.15, 0.2) is 0 Å². The van der Waals surface area contributed by atoms with Crippen LogP contribution in [0.3, 0.4) is 0 Å². The summed E-state index contributed by atoms with van der Waals surface area (Å²) in [6.45, 7) is 4.68. The van der Waals surface area contributed by atoms with Crippen LogP contribution >= 0.6 is 0 Å². The van der Waals surface area contributed by atoms with E-state index in [4.69, 9.17) is 7.85 Å². The van der Waals surface area contributed by atoms with Gasteiger partial charge in [-0.05, 0) is 24.2 Å². The molecule has 3 unspecified atom stereocenters. The summed E-state index contributed by atoms with van der Waals surface area (Å²) in [5.41, 5.74) is 0. The summed E-state index contributed by atoms with van der Waals surface area (Å²) in [7, 11) is 5.49. The zero-order valence-electron chi connectivity index (χ0n) is 7.84. The number of rotatable bonds is 5. The van der Waals surface area contributed by atoms with Crippen LogP contribution in [0.25, 0.3) is 0 Å². The van der Waals surface area contributed by atoms with Gasteiger partial charge in [-0.2, -0.15) is 0 Å². The summed E-state index contributed by atoms with van der Waals surface area (Å²) in [6, 6.07) is 0. The fourth-order valence-electron chi connectivity index (χ4n) is 2.11. The van der Waals surface area contributed by atoms with Crippen LogP contribution in [0.5, 0.6) is 0 Å². The maximum absolute atomic E-state index is 5.49. The van der Waals surface area contributed by atoms with Gasteiger partial charge in [-0.3, -0.25) is 0 Å². The average Bonchev–Trinajstić information content (AvgIpc) is 2.69. The van der Waals surface area contributed by atoms with Gasteiger partial charge in [-0.1, -0.05) is 39.4 Å². The first-order valence-electron chi connectivity index (χ1n) is 4.99. The van der Waals surface area contributed by atoms with Crippen molar-refractivity contribution >= 4 is 7.85 Å². The molecule has 0 amide bonds. The molecule has 0 aromatic rings. The Kier molecular flexibility index (Phi) is 3.48. The Morgan fingerprint density at radius 3 is 2.55 bits per heavy atom. The van der Waals surface area contributed by atoms with E-state index in [-0.39, 0.29) is 0 Å². The van der Waals surface area contributed by atoms with Crippen molar-refractivity contribution in [3.63, 3.8) is 0 Å². The SMILES string of the molecule is [B]CCCC(CC)C1CC1C. The smallest absolute Gasteiger partial charge is 0.0653 e. The van der Waals surface area contributed by atoms with E-state index in [1.807, 2.05) is 0 Å². The Morgan fingerprint density at radius 1 is 1.55 bits per heavy atom. The molecule has 0 nitrogen and oxygen atoms in total. The minimum absolute atomic E-state index is 0.873. The molecule has 62 valence electrons. The summed E-state index contributed by atoms with van der Waals surface area (Å²) in [5.74, 6) is 3.04. The zero-order chi connectivity index (χ0) is 8.27. The highest BCUT2D eigenvalue weighted by atomic mass is 14.4. The molecule has 0 spiro atoms. The van der Waals surface area contributed by atoms with Gasteiger partial charge in [0, 0.05) is 0 Å². The fourth-order valence-corrected chi connectivity index (χ4v) is 2.11. The summed E-state index contributed by atoms with van der Waals surface area (Å²) < 4.78 is 0. The molecular formula is C10H19B. The maximum atomic E-state index is 5.49. The molecule has 1 aliphatic carbocycles. The molecule has 0 aromatic heterocycles. The van der Waals surface area contributed by atoms with Gasteiger partial charge in [0.05, 0.1) is 7.85 Å². The van der Waals surface area contributed by atoms with Gasteiger partial charge in [0.25, 0.3) is 0 Å². The van der Waals surface area contributed by atoms with E-state index in [0.29, 0.717) is 0 Å². The van der Waals surface area contributed by atoms with Crippen molar-refractivity contribution in [3.8, 4) is 0 Å². The molecule has 0 heterocycles. The molecule has 1 fully saturated rings. The van der Waals surface area contributed by atoms with Crippen molar-refractivity contribution in [2.75, 3.05) is 0 Å². The molecule has 0 aliphatic heterocycles. The summed E-state index contributed by atoms with van der Waals surface area (Å²) in [6.07, 6.45) is 6.29. The first kappa shape index (κ1) is 9.16. The lowest BCUT2D eigenvalue weighted by atomic mass is 9.89. The Balaban J connectivity index is 2.15. The molecule has 0 saturated heterocycles. The lowest BCUT2D eigenvalue weighted by Gasteiger charge is -2.12. The third kappa shape index (κ3) is 2.54. The molecule has 1 heteroatoms. The molecule has 2 radical (unpaired) electrons. The minimum Gasteiger partial charge on any atom is -0.0887 e. The Bertz CT molecular complexity index is 111. The van der Waals surface area contributed by atoms with Gasteiger partial charge >= 0.3 is 0 Å². The van der Waals surface area contributed by atoms with E-state index in [0.717, 1.165) is 24.1 Å². The second kappa shape index (κ2) is 4.18. The van der Waals surface area contributed by atoms with Crippen LogP contribution < -0.4 is 0 Å². The molecule has 0 aromatic carbocycles. The second-order valence-corrected chi connectivity index (χ2v) is 3.98. The molecule has 0 bridgehead atoms. The van der Waals surface area contributed by atoms with Gasteiger partial charge in [-0.25, -0.2) is 0 Å². The second-order valence-electron chi connectivity index (χ2n) is 3.98. The van der Waals surface area contributed by atoms with Crippen molar-refractivity contribution in [1.82, 2.24) is 0 Å². The molecule has 1 saturated carbocycles. The van der Waals surface area contributed by atoms with Crippen molar-refractivity contribution in [1.29, 1.82) is 0 Å². The molecule has 0 N–H and O–H groups in total. The van der Waals surface area contributed by atoms with E-state index in [1.165, 1.54) is 25.7 Å². The predicted octanol–water partition coefficient (Wildman–Crippen LogP) is 3.04. The molecule has 3 atom stereocenters. The van der Waals surface area contributed by atoms with E-state index < -0.39 is 0 Å².